The number of rotatable bonds is 9. The van der Waals surface area contributed by atoms with E-state index in [2.05, 4.69) is 10.6 Å². The van der Waals surface area contributed by atoms with Crippen LogP contribution in [0.5, 0.6) is 11.5 Å². The normalized spacial score (nSPS) is 15.2. The molecule has 0 aliphatic carbocycles. The van der Waals surface area contributed by atoms with Gasteiger partial charge in [0.05, 0.1) is 18.8 Å². The van der Waals surface area contributed by atoms with E-state index in [-0.39, 0.29) is 52.4 Å². The third-order valence-electron chi connectivity index (χ3n) is 5.47. The summed E-state index contributed by atoms with van der Waals surface area (Å²) in [6.07, 6.45) is -3.30. The van der Waals surface area contributed by atoms with E-state index in [4.69, 9.17) is 0 Å². The first-order valence-corrected chi connectivity index (χ1v) is 11.5. The zero-order valence-corrected chi connectivity index (χ0v) is 20.9. The Balaban J connectivity index is 2.41. The Morgan fingerprint density at radius 1 is 0.735 bits per heavy atom. The number of β-amino-alcohol motifs (C(OH)–C–C–N with tert-alkyl or cyclic N) is 2. The lowest BCUT2D eigenvalue weighted by molar-refractivity contribution is 0.161. The van der Waals surface area contributed by atoms with Crippen LogP contribution >= 0.6 is 0 Å². The second-order valence-corrected chi connectivity index (χ2v) is 10.8. The molecule has 190 valence electrons. The fraction of sp³-hybridized carbons (Fsp3) is 0.538. The molecule has 0 aliphatic rings. The number of hydrogen-bond donors (Lipinski definition) is 8. The van der Waals surface area contributed by atoms with Gasteiger partial charge in [0.25, 0.3) is 0 Å². The summed E-state index contributed by atoms with van der Waals surface area (Å²) in [4.78, 5) is 0. The molecule has 2 aromatic carbocycles. The van der Waals surface area contributed by atoms with Crippen molar-refractivity contribution in [1.29, 1.82) is 0 Å². The summed E-state index contributed by atoms with van der Waals surface area (Å²) in [5.74, 6) is -0.535. The van der Waals surface area contributed by atoms with Crippen LogP contribution in [-0.2, 0) is 6.61 Å². The minimum Gasteiger partial charge on any atom is -0.508 e. The maximum absolute atomic E-state index is 11.1. The topological polar surface area (TPSA) is 145 Å². The van der Waals surface area contributed by atoms with Gasteiger partial charge in [-0.3, -0.25) is 0 Å². The number of hydrogen-bond acceptors (Lipinski definition) is 8. The van der Waals surface area contributed by atoms with Crippen LogP contribution in [0.2, 0.25) is 0 Å². The van der Waals surface area contributed by atoms with Crippen molar-refractivity contribution in [1.82, 2.24) is 10.6 Å². The molecule has 0 radical (unpaired) electrons. The monoisotopic (exact) mass is 476 g/mol. The van der Waals surface area contributed by atoms with Crippen LogP contribution < -0.4 is 10.6 Å². The molecule has 0 saturated carbocycles. The van der Waals surface area contributed by atoms with E-state index in [0.29, 0.717) is 11.1 Å². The van der Waals surface area contributed by atoms with E-state index in [1.165, 1.54) is 24.3 Å². The SMILES string of the molecule is CC(C)(C)NC[C@H](O)c1ccc(O)c(C(O)c2cc([C@@H](O)CNC(C)(C)C)cc(CO)c2O)c1. The van der Waals surface area contributed by atoms with Gasteiger partial charge in [0, 0.05) is 40.9 Å². The van der Waals surface area contributed by atoms with Gasteiger partial charge >= 0.3 is 0 Å². The number of aliphatic hydroxyl groups is 4. The number of aliphatic hydroxyl groups excluding tert-OH is 4. The number of phenolic OH excluding ortho intramolecular Hbond substituents is 1. The molecule has 0 heterocycles. The molecule has 0 fully saturated rings. The first-order chi connectivity index (χ1) is 15.6. The quantitative estimate of drug-likeness (QED) is 0.276. The van der Waals surface area contributed by atoms with Gasteiger partial charge in [-0.05, 0) is 76.9 Å². The van der Waals surface area contributed by atoms with Crippen LogP contribution in [0.15, 0.2) is 30.3 Å². The van der Waals surface area contributed by atoms with E-state index < -0.39 is 24.9 Å². The van der Waals surface area contributed by atoms with Crippen molar-refractivity contribution in [2.45, 2.75) is 77.5 Å². The molecule has 0 aliphatic heterocycles. The van der Waals surface area contributed by atoms with Crippen LogP contribution in [0.3, 0.4) is 0 Å². The summed E-state index contributed by atoms with van der Waals surface area (Å²) in [5, 5.41) is 69.6. The maximum Gasteiger partial charge on any atom is 0.127 e. The van der Waals surface area contributed by atoms with Crippen LogP contribution in [0.25, 0.3) is 0 Å². The molecule has 1 unspecified atom stereocenters. The predicted octanol–water partition coefficient (Wildman–Crippen LogP) is 2.51. The lowest BCUT2D eigenvalue weighted by Gasteiger charge is -2.25. The van der Waals surface area contributed by atoms with Gasteiger partial charge in [-0.15, -0.1) is 0 Å². The summed E-state index contributed by atoms with van der Waals surface area (Å²) in [5.41, 5.74) is 0.724. The summed E-state index contributed by atoms with van der Waals surface area (Å²) in [6, 6.07) is 7.37. The molecule has 34 heavy (non-hydrogen) atoms. The van der Waals surface area contributed by atoms with Crippen molar-refractivity contribution in [2.75, 3.05) is 13.1 Å². The zero-order valence-electron chi connectivity index (χ0n) is 20.9. The molecule has 3 atom stereocenters. The lowest BCUT2D eigenvalue weighted by Crippen LogP contribution is -2.38. The molecule has 2 rings (SSSR count). The molecule has 0 amide bonds. The second-order valence-electron chi connectivity index (χ2n) is 10.8. The summed E-state index contributed by atoms with van der Waals surface area (Å²) in [7, 11) is 0. The Morgan fingerprint density at radius 2 is 1.24 bits per heavy atom. The smallest absolute Gasteiger partial charge is 0.127 e. The van der Waals surface area contributed by atoms with E-state index in [1.54, 1.807) is 6.07 Å². The molecule has 0 saturated heterocycles. The van der Waals surface area contributed by atoms with Gasteiger partial charge in [-0.25, -0.2) is 0 Å². The Morgan fingerprint density at radius 3 is 1.74 bits per heavy atom. The third kappa shape index (κ3) is 7.66. The molecular formula is C26H40N2O6. The van der Waals surface area contributed by atoms with Gasteiger partial charge in [0.2, 0.25) is 0 Å². The van der Waals surface area contributed by atoms with Crippen molar-refractivity contribution in [3.05, 3.63) is 58.1 Å². The highest BCUT2D eigenvalue weighted by molar-refractivity contribution is 5.51. The highest BCUT2D eigenvalue weighted by atomic mass is 16.3. The average molecular weight is 477 g/mol. The summed E-state index contributed by atoms with van der Waals surface area (Å²) < 4.78 is 0. The molecule has 8 heteroatoms. The van der Waals surface area contributed by atoms with Crippen LogP contribution in [0.1, 0.15) is 87.7 Å². The van der Waals surface area contributed by atoms with Gasteiger partial charge in [-0.2, -0.15) is 0 Å². The molecule has 8 N–H and O–H groups in total. The van der Waals surface area contributed by atoms with Crippen LogP contribution in [-0.4, -0.2) is 54.8 Å². The van der Waals surface area contributed by atoms with Crippen molar-refractivity contribution in [2.24, 2.45) is 0 Å². The van der Waals surface area contributed by atoms with E-state index in [9.17, 15) is 30.6 Å². The minimum absolute atomic E-state index is 0.0334. The maximum atomic E-state index is 11.1. The van der Waals surface area contributed by atoms with Crippen LogP contribution in [0, 0.1) is 0 Å². The molecule has 0 bridgehead atoms. The Bertz CT molecular complexity index is 965. The standard InChI is InChI=1S/C26H40N2O6/c1-25(2,3)27-12-21(31)15-7-8-20(30)18(10-15)24(34)19-11-16(9-17(14-29)23(19)33)22(32)13-28-26(4,5)6/h7-11,21-22,24,27-34H,12-14H2,1-6H3/t21-,22-,24?/m0/s1. The Kier molecular flexibility index (Phi) is 9.10. The largest absolute Gasteiger partial charge is 0.508 e. The summed E-state index contributed by atoms with van der Waals surface area (Å²) in [6.45, 7) is 11.8. The highest BCUT2D eigenvalue weighted by Crippen LogP contribution is 2.38. The van der Waals surface area contributed by atoms with Crippen molar-refractivity contribution >= 4 is 0 Å². The highest BCUT2D eigenvalue weighted by Gasteiger charge is 2.24. The fourth-order valence-corrected chi connectivity index (χ4v) is 3.47. The number of nitrogens with one attached hydrogen (secondary N) is 2. The lowest BCUT2D eigenvalue weighted by atomic mass is 9.92. The van der Waals surface area contributed by atoms with E-state index >= 15 is 0 Å². The fourth-order valence-electron chi connectivity index (χ4n) is 3.47. The van der Waals surface area contributed by atoms with Gasteiger partial charge in [0.15, 0.2) is 0 Å². The van der Waals surface area contributed by atoms with Crippen molar-refractivity contribution in [3.8, 4) is 11.5 Å². The van der Waals surface area contributed by atoms with Crippen molar-refractivity contribution < 1.29 is 30.6 Å². The first kappa shape index (κ1) is 28.0. The molecule has 8 nitrogen and oxygen atoms in total. The van der Waals surface area contributed by atoms with Crippen molar-refractivity contribution in [3.63, 3.8) is 0 Å². The predicted molar refractivity (Wildman–Crippen MR) is 132 cm³/mol. The number of phenols is 2. The van der Waals surface area contributed by atoms with E-state index in [1.807, 2.05) is 41.5 Å². The average Bonchev–Trinajstić information content (AvgIpc) is 2.74. The van der Waals surface area contributed by atoms with E-state index in [0.717, 1.165) is 0 Å². The van der Waals surface area contributed by atoms with Gasteiger partial charge < -0.3 is 41.3 Å². The van der Waals surface area contributed by atoms with Crippen LogP contribution in [0.4, 0.5) is 0 Å². The number of aromatic hydroxyl groups is 2. The zero-order chi connectivity index (χ0) is 25.8. The molecule has 0 aromatic heterocycles. The number of benzene rings is 2. The molecular weight excluding hydrogens is 436 g/mol. The van der Waals surface area contributed by atoms with Gasteiger partial charge in [0.1, 0.15) is 17.6 Å². The summed E-state index contributed by atoms with van der Waals surface area (Å²) >= 11 is 0. The molecule has 2 aromatic rings. The minimum atomic E-state index is -1.46. The first-order valence-electron chi connectivity index (χ1n) is 11.5. The second kappa shape index (κ2) is 11.0. The van der Waals surface area contributed by atoms with Gasteiger partial charge in [-0.1, -0.05) is 6.07 Å². The molecule has 0 spiro atoms. The Labute approximate surface area is 201 Å². The Hall–Kier alpha value is -2.20. The third-order valence-corrected chi connectivity index (χ3v) is 5.47.